The standard InChI is InChI=1S/C48H38N4O4/c1-49-35-21-13-5-9-17-31(35)41(45(49)53)39(42-32-18-10-6-14-22-36(32)50(2)46(42)54)29-25-27-30(28-26-29)40(43-33-19-11-7-15-23-37(33)51(3)47(43)55)44-34-20-12-8-16-24-38(34)52(4)48(44)56/h5-28,39-40H,1-4H3. The Morgan fingerprint density at radius 3 is 0.750 bits per heavy atom. The van der Waals surface area contributed by atoms with Crippen molar-refractivity contribution in [3.8, 4) is 45.0 Å². The monoisotopic (exact) mass is 734 g/mol. The zero-order valence-corrected chi connectivity index (χ0v) is 31.4. The van der Waals surface area contributed by atoms with E-state index < -0.39 is 11.8 Å². The van der Waals surface area contributed by atoms with E-state index in [1.807, 2.05) is 146 Å². The maximum Gasteiger partial charge on any atom is 0.255 e. The van der Waals surface area contributed by atoms with Crippen LogP contribution in [-0.2, 0) is 28.2 Å². The second-order valence-electron chi connectivity index (χ2n) is 14.5. The third kappa shape index (κ3) is 5.13. The lowest BCUT2D eigenvalue weighted by Crippen LogP contribution is -2.24. The smallest absolute Gasteiger partial charge is 0.255 e. The first-order valence-corrected chi connectivity index (χ1v) is 18.6. The van der Waals surface area contributed by atoms with Crippen LogP contribution in [0.2, 0.25) is 0 Å². The third-order valence-corrected chi connectivity index (χ3v) is 11.6. The van der Waals surface area contributed by atoms with E-state index in [-0.39, 0.29) is 22.2 Å². The van der Waals surface area contributed by atoms with Gasteiger partial charge in [-0.15, -0.1) is 0 Å². The molecule has 8 heteroatoms. The Bertz CT molecular complexity index is 2680. The molecular weight excluding hydrogens is 697 g/mol. The molecule has 0 spiro atoms. The second-order valence-corrected chi connectivity index (χ2v) is 14.5. The van der Waals surface area contributed by atoms with Gasteiger partial charge in [-0.2, -0.15) is 0 Å². The summed E-state index contributed by atoms with van der Waals surface area (Å²) in [6.45, 7) is 0. The highest BCUT2D eigenvalue weighted by atomic mass is 16.1. The number of hydrogen-bond acceptors (Lipinski definition) is 4. The van der Waals surface area contributed by atoms with Gasteiger partial charge in [0.25, 0.3) is 22.2 Å². The van der Waals surface area contributed by atoms with Crippen molar-refractivity contribution in [3.05, 3.63) is 220 Å². The summed E-state index contributed by atoms with van der Waals surface area (Å²) in [7, 11) is 7.04. The van der Waals surface area contributed by atoms with Crippen LogP contribution in [0.4, 0.5) is 0 Å². The van der Waals surface area contributed by atoms with Crippen LogP contribution >= 0.6 is 0 Å². The van der Waals surface area contributed by atoms with E-state index in [1.54, 1.807) is 46.5 Å². The Balaban J connectivity index is 1.33. The molecule has 0 N–H and O–H groups in total. The summed E-state index contributed by atoms with van der Waals surface area (Å²) >= 11 is 0. The highest BCUT2D eigenvalue weighted by Crippen LogP contribution is 2.44. The van der Waals surface area contributed by atoms with Gasteiger partial charge in [0.15, 0.2) is 0 Å². The van der Waals surface area contributed by atoms with Gasteiger partial charge in [0.2, 0.25) is 0 Å². The highest BCUT2D eigenvalue weighted by Gasteiger charge is 2.36. The molecule has 4 heterocycles. The molecule has 8 aliphatic rings. The normalized spacial score (nSPS) is 11.8. The van der Waals surface area contributed by atoms with Gasteiger partial charge >= 0.3 is 0 Å². The minimum Gasteiger partial charge on any atom is -0.311 e. The molecule has 0 amide bonds. The van der Waals surface area contributed by atoms with E-state index >= 15 is 0 Å². The molecule has 0 unspecified atom stereocenters. The summed E-state index contributed by atoms with van der Waals surface area (Å²) in [5.41, 5.74) is 8.80. The molecule has 0 saturated carbocycles. The van der Waals surface area contributed by atoms with Crippen molar-refractivity contribution in [2.45, 2.75) is 11.8 Å². The molecule has 1 aromatic rings. The summed E-state index contributed by atoms with van der Waals surface area (Å²) in [4.78, 5) is 57.6. The minimum atomic E-state index is -0.738. The molecule has 4 aliphatic carbocycles. The van der Waals surface area contributed by atoms with Crippen molar-refractivity contribution < 1.29 is 0 Å². The topological polar surface area (TPSA) is 88.0 Å². The second kappa shape index (κ2) is 13.4. The number of nitrogens with zero attached hydrogens (tertiary/aromatic N) is 4. The number of aromatic nitrogens is 4. The summed E-state index contributed by atoms with van der Waals surface area (Å²) < 4.78 is 6.57. The van der Waals surface area contributed by atoms with E-state index in [9.17, 15) is 19.2 Å². The molecule has 9 rings (SSSR count). The summed E-state index contributed by atoms with van der Waals surface area (Å²) in [5, 5.41) is 0. The zero-order chi connectivity index (χ0) is 38.8. The Morgan fingerprint density at radius 1 is 0.304 bits per heavy atom. The molecule has 0 atom stereocenters. The number of fused-ring (bicyclic) bond motifs is 4. The van der Waals surface area contributed by atoms with Gasteiger partial charge in [-0.3, -0.25) is 19.2 Å². The van der Waals surface area contributed by atoms with Crippen LogP contribution in [0, 0.1) is 0 Å². The van der Waals surface area contributed by atoms with Gasteiger partial charge < -0.3 is 18.3 Å². The first-order valence-electron chi connectivity index (χ1n) is 18.6. The van der Waals surface area contributed by atoms with Gasteiger partial charge in [-0.05, 0) is 35.4 Å². The number of rotatable bonds is 6. The molecule has 0 radical (unpaired) electrons. The van der Waals surface area contributed by atoms with Crippen LogP contribution in [0.15, 0.2) is 165 Å². The van der Waals surface area contributed by atoms with Gasteiger partial charge in [0.05, 0.1) is 22.8 Å². The fourth-order valence-electron chi connectivity index (χ4n) is 8.81. The Kier molecular flexibility index (Phi) is 8.27. The van der Waals surface area contributed by atoms with Gasteiger partial charge in [0.1, 0.15) is 0 Å². The quantitative estimate of drug-likeness (QED) is 0.180. The molecule has 0 saturated heterocycles. The lowest BCUT2D eigenvalue weighted by atomic mass is 9.80. The van der Waals surface area contributed by atoms with E-state index in [2.05, 4.69) is 0 Å². The molecule has 8 nitrogen and oxygen atoms in total. The van der Waals surface area contributed by atoms with Crippen LogP contribution in [-0.4, -0.2) is 18.3 Å². The van der Waals surface area contributed by atoms with Gasteiger partial charge in [-0.25, -0.2) is 0 Å². The fraction of sp³-hybridized carbons (Fsp3) is 0.125. The molecule has 274 valence electrons. The summed E-state index contributed by atoms with van der Waals surface area (Å²) in [6, 6.07) is 46.1. The minimum absolute atomic E-state index is 0.186. The van der Waals surface area contributed by atoms with Crippen LogP contribution in [0.3, 0.4) is 0 Å². The predicted octanol–water partition coefficient (Wildman–Crippen LogP) is 7.26. The van der Waals surface area contributed by atoms with Crippen LogP contribution in [0.25, 0.3) is 45.0 Å². The summed E-state index contributed by atoms with van der Waals surface area (Å²) in [6.07, 6.45) is 0. The molecule has 56 heavy (non-hydrogen) atoms. The Morgan fingerprint density at radius 2 is 0.518 bits per heavy atom. The lowest BCUT2D eigenvalue weighted by Gasteiger charge is -2.20. The largest absolute Gasteiger partial charge is 0.311 e. The lowest BCUT2D eigenvalue weighted by molar-refractivity contribution is 0.845. The van der Waals surface area contributed by atoms with Crippen molar-refractivity contribution in [1.82, 2.24) is 18.3 Å². The van der Waals surface area contributed by atoms with E-state index in [4.69, 9.17) is 0 Å². The number of hydrogen-bond donors (Lipinski definition) is 0. The average Bonchev–Trinajstić information content (AvgIpc) is 3.55. The molecule has 0 aromatic heterocycles. The molecule has 4 aliphatic heterocycles. The van der Waals surface area contributed by atoms with Crippen molar-refractivity contribution in [3.63, 3.8) is 0 Å². The van der Waals surface area contributed by atoms with E-state index in [0.29, 0.717) is 22.3 Å². The first-order chi connectivity index (χ1) is 27.2. The number of benzene rings is 1. The first kappa shape index (κ1) is 34.7. The predicted molar refractivity (Wildman–Crippen MR) is 222 cm³/mol. The average molecular weight is 735 g/mol. The van der Waals surface area contributed by atoms with Crippen molar-refractivity contribution in [1.29, 1.82) is 0 Å². The third-order valence-electron chi connectivity index (χ3n) is 11.6. The van der Waals surface area contributed by atoms with Gasteiger partial charge in [0, 0.05) is 84.5 Å². The Labute approximate surface area is 322 Å². The van der Waals surface area contributed by atoms with E-state index in [1.165, 1.54) is 0 Å². The van der Waals surface area contributed by atoms with Crippen LogP contribution in [0.1, 0.15) is 45.2 Å². The molecule has 1 aromatic carbocycles. The van der Waals surface area contributed by atoms with Gasteiger partial charge in [-0.1, -0.05) is 121 Å². The van der Waals surface area contributed by atoms with E-state index in [0.717, 1.165) is 56.2 Å². The maximum absolute atomic E-state index is 14.4. The van der Waals surface area contributed by atoms with Crippen LogP contribution in [0.5, 0.6) is 0 Å². The fourth-order valence-corrected chi connectivity index (χ4v) is 8.81. The highest BCUT2D eigenvalue weighted by molar-refractivity contribution is 5.76. The molecular formula is C48H38N4O4. The SMILES string of the molecule is Cn1c2cccccc-2c(C(c2ccc(C(c3c4cccccc-4n(C)c3=O)c3c4cccccc-4n(C)c3=O)cc2)c2c3cccccc-3n(C)c2=O)c1=O. The molecule has 0 bridgehead atoms. The van der Waals surface area contributed by atoms with Crippen LogP contribution < -0.4 is 22.2 Å². The maximum atomic E-state index is 14.4. The summed E-state index contributed by atoms with van der Waals surface area (Å²) in [5.74, 6) is -1.48. The Hall–Kier alpha value is -7.06. The zero-order valence-electron chi connectivity index (χ0n) is 31.4. The van der Waals surface area contributed by atoms with Crippen molar-refractivity contribution >= 4 is 0 Å². The van der Waals surface area contributed by atoms with Crippen molar-refractivity contribution in [2.24, 2.45) is 28.2 Å². The van der Waals surface area contributed by atoms with Crippen molar-refractivity contribution in [2.75, 3.05) is 0 Å². The molecule has 0 fully saturated rings.